The summed E-state index contributed by atoms with van der Waals surface area (Å²) in [5.41, 5.74) is 2.51. The Labute approximate surface area is 261 Å². The van der Waals surface area contributed by atoms with E-state index < -0.39 is 52.1 Å². The number of benzene rings is 2. The van der Waals surface area contributed by atoms with Crippen LogP contribution in [0.3, 0.4) is 0 Å². The van der Waals surface area contributed by atoms with Gasteiger partial charge in [-0.3, -0.25) is 18.6 Å². The highest BCUT2D eigenvalue weighted by molar-refractivity contribution is 7.84. The van der Waals surface area contributed by atoms with E-state index in [0.717, 1.165) is 22.3 Å². The van der Waals surface area contributed by atoms with Crippen LogP contribution in [-0.2, 0) is 42.8 Å². The maximum atomic E-state index is 12.5. The largest absolute Gasteiger partial charge is 0.387 e. The van der Waals surface area contributed by atoms with Crippen LogP contribution in [0.2, 0.25) is 0 Å². The smallest absolute Gasteiger partial charge is 0.245 e. The van der Waals surface area contributed by atoms with Crippen molar-refractivity contribution in [2.75, 3.05) is 26.9 Å². The number of amides is 3. The first-order valence-corrected chi connectivity index (χ1v) is 16.2. The number of ether oxygens (including phenoxy) is 1. The maximum absolute atomic E-state index is 12.5. The third kappa shape index (κ3) is 9.18. The van der Waals surface area contributed by atoms with Gasteiger partial charge in [-0.1, -0.05) is 42.5 Å². The zero-order chi connectivity index (χ0) is 32.8. The van der Waals surface area contributed by atoms with E-state index in [0.29, 0.717) is 24.8 Å². The molecule has 0 spiro atoms. The lowest BCUT2D eigenvalue weighted by Gasteiger charge is -2.40. The van der Waals surface area contributed by atoms with Gasteiger partial charge in [0.1, 0.15) is 30.0 Å². The lowest BCUT2D eigenvalue weighted by atomic mass is 9.91. The summed E-state index contributed by atoms with van der Waals surface area (Å²) in [6.45, 7) is 5.03. The van der Waals surface area contributed by atoms with E-state index in [1.807, 2.05) is 43.3 Å². The molecule has 2 aromatic carbocycles. The van der Waals surface area contributed by atoms with Crippen molar-refractivity contribution in [3.63, 3.8) is 0 Å². The highest BCUT2D eigenvalue weighted by Crippen LogP contribution is 2.34. The van der Waals surface area contributed by atoms with Gasteiger partial charge in [0.05, 0.1) is 17.3 Å². The Morgan fingerprint density at radius 2 is 1.61 bits per heavy atom. The van der Waals surface area contributed by atoms with Crippen molar-refractivity contribution in [2.45, 2.75) is 81.8 Å². The van der Waals surface area contributed by atoms with E-state index >= 15 is 0 Å². The number of nitrogens with zero attached hydrogens (tertiary/aromatic N) is 1. The van der Waals surface area contributed by atoms with Crippen molar-refractivity contribution in [3.05, 3.63) is 70.3 Å². The van der Waals surface area contributed by atoms with Crippen LogP contribution in [0.1, 0.15) is 60.6 Å². The predicted molar refractivity (Wildman–Crippen MR) is 167 cm³/mol. The van der Waals surface area contributed by atoms with Gasteiger partial charge in [-0.15, -0.1) is 0 Å². The second kappa shape index (κ2) is 15.2. The molecule has 1 fully saturated rings. The topological polar surface area (TPSA) is 166 Å². The molecule has 2 aromatic rings. The Morgan fingerprint density at radius 1 is 0.977 bits per heavy atom. The fourth-order valence-corrected chi connectivity index (χ4v) is 5.79. The minimum Gasteiger partial charge on any atom is -0.387 e. The van der Waals surface area contributed by atoms with Crippen LogP contribution in [0.15, 0.2) is 42.5 Å². The molecule has 12 heteroatoms. The van der Waals surface area contributed by atoms with Gasteiger partial charge in [0, 0.05) is 26.8 Å². The fourth-order valence-electron chi connectivity index (χ4n) is 4.96. The van der Waals surface area contributed by atoms with Gasteiger partial charge >= 0.3 is 0 Å². The quantitative estimate of drug-likeness (QED) is 0.230. The minimum absolute atomic E-state index is 0.137. The third-order valence-corrected chi connectivity index (χ3v) is 8.85. The summed E-state index contributed by atoms with van der Waals surface area (Å²) >= 11 is 0. The molecule has 44 heavy (non-hydrogen) atoms. The van der Waals surface area contributed by atoms with Gasteiger partial charge in [0.25, 0.3) is 0 Å². The van der Waals surface area contributed by atoms with Crippen molar-refractivity contribution in [2.24, 2.45) is 0 Å². The first-order chi connectivity index (χ1) is 20.6. The maximum Gasteiger partial charge on any atom is 0.245 e. The summed E-state index contributed by atoms with van der Waals surface area (Å²) in [5, 5.41) is 36.4. The van der Waals surface area contributed by atoms with Gasteiger partial charge in [-0.25, -0.2) is 0 Å². The molecule has 0 aromatic heterocycles. The molecule has 3 amide bonds. The molecule has 0 radical (unpaired) electrons. The lowest BCUT2D eigenvalue weighted by Crippen LogP contribution is -2.55. The van der Waals surface area contributed by atoms with Gasteiger partial charge in [-0.05, 0) is 67.9 Å². The molecule has 1 aliphatic rings. The second-order valence-electron chi connectivity index (χ2n) is 12.1. The molecule has 1 heterocycles. The van der Waals surface area contributed by atoms with Crippen molar-refractivity contribution in [3.8, 4) is 0 Å². The average molecular weight is 632 g/mol. The number of rotatable bonds is 12. The van der Waals surface area contributed by atoms with E-state index in [1.54, 1.807) is 34.0 Å². The Balaban J connectivity index is 1.54. The Kier molecular flexibility index (Phi) is 12.2. The third-order valence-electron chi connectivity index (χ3n) is 7.80. The molecule has 0 saturated carbocycles. The van der Waals surface area contributed by atoms with Gasteiger partial charge in [0.15, 0.2) is 5.44 Å². The van der Waals surface area contributed by atoms with E-state index in [9.17, 15) is 33.9 Å². The number of likely N-dealkylation sites (N-methyl/N-ethyl adjacent to an activating group) is 1. The standard InChI is InChI=1S/C32H45N3O8S/c1-19-10-15-22(29-27(39)26(38)28(40)30(43-29)44(6)42)17-23(19)16-21-13-11-20(12-14-21)8-7-9-24(36)34-32(2,3)31(41)33-18-25(37)35(4)5/h10-15,17,26-30,38-40H,7-9,16,18H2,1-6H3,(H,33,41)(H,34,36)/t26-,27-,28+,29+,30-,44+/m1/s1. The zero-order valence-electron chi connectivity index (χ0n) is 26.2. The highest BCUT2D eigenvalue weighted by atomic mass is 32.2. The van der Waals surface area contributed by atoms with Gasteiger partial charge in [0.2, 0.25) is 17.7 Å². The predicted octanol–water partition coefficient (Wildman–Crippen LogP) is 0.866. The molecule has 5 N–H and O–H groups in total. The summed E-state index contributed by atoms with van der Waals surface area (Å²) in [4.78, 5) is 38.0. The molecule has 3 rings (SSSR count). The SMILES string of the molecule is Cc1ccc([C@@H]2O[C@H]([S@](C)=O)[C@@H](O)[C@H](O)[C@H]2O)cc1Cc1ccc(CCCC(=O)NC(C)(C)C(=O)NCC(=O)N(C)C)cc1. The van der Waals surface area contributed by atoms with Crippen molar-refractivity contribution < 1.29 is 38.6 Å². The van der Waals surface area contributed by atoms with E-state index in [4.69, 9.17) is 4.74 Å². The summed E-state index contributed by atoms with van der Waals surface area (Å²) in [6, 6.07) is 13.7. The Bertz CT molecular complexity index is 1350. The molecule has 0 aliphatic carbocycles. The molecular formula is C32H45N3O8S. The summed E-state index contributed by atoms with van der Waals surface area (Å²) in [6.07, 6.45) is -1.73. The van der Waals surface area contributed by atoms with Crippen LogP contribution in [0.4, 0.5) is 0 Å². The first-order valence-electron chi connectivity index (χ1n) is 14.6. The number of aryl methyl sites for hydroxylation is 2. The van der Waals surface area contributed by atoms with Crippen LogP contribution in [0, 0.1) is 6.92 Å². The number of nitrogens with one attached hydrogen (secondary N) is 2. The molecule has 0 unspecified atom stereocenters. The van der Waals surface area contributed by atoms with Crippen LogP contribution >= 0.6 is 0 Å². The molecule has 1 saturated heterocycles. The van der Waals surface area contributed by atoms with Crippen molar-refractivity contribution in [1.82, 2.24) is 15.5 Å². The number of aliphatic hydroxyl groups is 3. The Hall–Kier alpha value is -3.16. The van der Waals surface area contributed by atoms with Gasteiger partial charge < -0.3 is 35.6 Å². The molecule has 1 aliphatic heterocycles. The van der Waals surface area contributed by atoms with Crippen LogP contribution in [0.5, 0.6) is 0 Å². The van der Waals surface area contributed by atoms with Gasteiger partial charge in [-0.2, -0.15) is 0 Å². The first kappa shape index (κ1) is 35.3. The van der Waals surface area contributed by atoms with Crippen molar-refractivity contribution >= 4 is 28.5 Å². The molecule has 242 valence electrons. The monoisotopic (exact) mass is 631 g/mol. The second-order valence-corrected chi connectivity index (χ2v) is 13.5. The van der Waals surface area contributed by atoms with Crippen molar-refractivity contribution in [1.29, 1.82) is 0 Å². The van der Waals surface area contributed by atoms with Crippen LogP contribution in [0.25, 0.3) is 0 Å². The minimum atomic E-state index is -1.56. The number of hydrogen-bond donors (Lipinski definition) is 5. The number of carbonyl (C=O) groups is 3. The summed E-state index contributed by atoms with van der Waals surface area (Å²) in [5.74, 6) is -0.921. The van der Waals surface area contributed by atoms with E-state index in [1.165, 1.54) is 11.2 Å². The lowest BCUT2D eigenvalue weighted by molar-refractivity contribution is -0.201. The number of aliphatic hydroxyl groups excluding tert-OH is 3. The molecule has 0 bridgehead atoms. The molecule has 6 atom stereocenters. The number of carbonyl (C=O) groups excluding carboxylic acids is 3. The van der Waals surface area contributed by atoms with E-state index in [-0.39, 0.29) is 24.8 Å². The molecule has 11 nitrogen and oxygen atoms in total. The fraction of sp³-hybridized carbons (Fsp3) is 0.531. The van der Waals surface area contributed by atoms with E-state index in [2.05, 4.69) is 10.6 Å². The Morgan fingerprint density at radius 3 is 2.23 bits per heavy atom. The van der Waals surface area contributed by atoms with Crippen LogP contribution < -0.4 is 10.6 Å². The summed E-state index contributed by atoms with van der Waals surface area (Å²) in [7, 11) is 1.64. The summed E-state index contributed by atoms with van der Waals surface area (Å²) < 4.78 is 17.8. The molecular weight excluding hydrogens is 586 g/mol. The normalized spacial score (nSPS) is 22.6. The highest BCUT2D eigenvalue weighted by Gasteiger charge is 2.45. The number of hydrogen-bond acceptors (Lipinski definition) is 8. The average Bonchev–Trinajstić information content (AvgIpc) is 2.96. The van der Waals surface area contributed by atoms with Crippen LogP contribution in [-0.4, -0.2) is 98.3 Å². The zero-order valence-corrected chi connectivity index (χ0v) is 27.0.